The van der Waals surface area contributed by atoms with Gasteiger partial charge in [-0.05, 0) is 139 Å². The number of carbonyl (C=O) groups is 7. The van der Waals surface area contributed by atoms with Crippen molar-refractivity contribution in [2.45, 2.75) is 97.8 Å². The van der Waals surface area contributed by atoms with Crippen LogP contribution in [-0.4, -0.2) is 91.0 Å². The third-order valence-corrected chi connectivity index (χ3v) is 10.5. The first-order chi connectivity index (χ1) is 31.7. The van der Waals surface area contributed by atoms with Crippen molar-refractivity contribution in [2.24, 2.45) is 16.9 Å². The molecule has 20 heteroatoms. The minimum atomic E-state index is -0.889. The Hall–Kier alpha value is -7.22. The maximum absolute atomic E-state index is 13.9. The standard InChI is InChI=1S/C47H63N11O9/c1-28-22-35(52-40(61)27-49-38(59)25-48-39(60)26-51-45(65)67-47(5,6)7)20-21-36(28)31-12-8-29(9-13-31)23-37(43(63)53-34-18-16-32(17-19-34)41-55-57-58-56-41)54-42(62)33-14-10-30(11-15-33)24-50-44(64)66-46(2,3)4/h8-9,12-13,16-22,30,33,37,57-58H,10-11,14-15,23-27H2,1-7H3,(H,48,60)(H,49,59)(H,50,64)(H,51,65)(H,52,61)(H,53,63)(H,54,62)(H,55,56). The second-order valence-corrected chi connectivity index (χ2v) is 18.4. The number of ether oxygens (including phenoxy) is 2. The molecule has 2 aliphatic rings. The molecule has 0 bridgehead atoms. The molecular weight excluding hydrogens is 863 g/mol. The van der Waals surface area contributed by atoms with Crippen LogP contribution in [0.25, 0.3) is 11.1 Å². The minimum Gasteiger partial charge on any atom is -0.444 e. The van der Waals surface area contributed by atoms with Crippen molar-refractivity contribution in [1.82, 2.24) is 43.1 Å². The lowest BCUT2D eigenvalue weighted by molar-refractivity contribution is -0.130. The number of amides is 7. The summed E-state index contributed by atoms with van der Waals surface area (Å²) in [4.78, 5) is 88.4. The molecule has 1 atom stereocenters. The summed E-state index contributed by atoms with van der Waals surface area (Å²) < 4.78 is 10.4. The van der Waals surface area contributed by atoms with E-state index in [2.05, 4.69) is 58.8 Å². The topological polar surface area (TPSA) is 271 Å². The van der Waals surface area contributed by atoms with Crippen molar-refractivity contribution < 1.29 is 43.0 Å². The van der Waals surface area contributed by atoms with Gasteiger partial charge in [-0.25, -0.2) is 15.1 Å². The molecule has 10 N–H and O–H groups in total. The van der Waals surface area contributed by atoms with Crippen LogP contribution < -0.4 is 53.7 Å². The van der Waals surface area contributed by atoms with Gasteiger partial charge in [-0.2, -0.15) is 0 Å². The van der Waals surface area contributed by atoms with E-state index in [-0.39, 0.29) is 43.2 Å². The predicted molar refractivity (Wildman–Crippen MR) is 252 cm³/mol. The van der Waals surface area contributed by atoms with Gasteiger partial charge in [0.25, 0.3) is 0 Å². The second kappa shape index (κ2) is 23.3. The van der Waals surface area contributed by atoms with Crippen molar-refractivity contribution in [3.05, 3.63) is 83.4 Å². The molecule has 5 rings (SSSR count). The molecule has 1 fully saturated rings. The molecule has 0 spiro atoms. The van der Waals surface area contributed by atoms with Gasteiger partial charge in [0.15, 0.2) is 5.84 Å². The Morgan fingerprint density at radius 1 is 0.672 bits per heavy atom. The lowest BCUT2D eigenvalue weighted by atomic mass is 9.81. The zero-order valence-corrected chi connectivity index (χ0v) is 39.1. The first kappa shape index (κ1) is 50.8. The molecule has 20 nitrogen and oxygen atoms in total. The molecule has 1 heterocycles. The summed E-state index contributed by atoms with van der Waals surface area (Å²) in [6.07, 6.45) is 1.73. The number of anilines is 2. The summed E-state index contributed by atoms with van der Waals surface area (Å²) >= 11 is 0. The van der Waals surface area contributed by atoms with Crippen LogP contribution in [0.15, 0.2) is 71.8 Å². The van der Waals surface area contributed by atoms with Crippen LogP contribution in [0.1, 0.15) is 83.9 Å². The van der Waals surface area contributed by atoms with Crippen LogP contribution in [0.3, 0.4) is 0 Å². The van der Waals surface area contributed by atoms with E-state index in [0.717, 1.165) is 40.7 Å². The molecule has 0 radical (unpaired) electrons. The van der Waals surface area contributed by atoms with Gasteiger partial charge in [-0.1, -0.05) is 30.3 Å². The van der Waals surface area contributed by atoms with E-state index in [9.17, 15) is 33.6 Å². The number of nitrogens with one attached hydrogen (secondary N) is 10. The molecule has 0 saturated heterocycles. The van der Waals surface area contributed by atoms with Gasteiger partial charge in [0.05, 0.1) is 13.1 Å². The maximum atomic E-state index is 13.9. The first-order valence-corrected chi connectivity index (χ1v) is 22.2. The van der Waals surface area contributed by atoms with E-state index in [4.69, 9.17) is 9.47 Å². The number of aryl methyl sites for hydroxylation is 1. The van der Waals surface area contributed by atoms with Crippen LogP contribution >= 0.6 is 0 Å². The number of amidine groups is 1. The number of alkyl carbamates (subject to hydrolysis) is 2. The predicted octanol–water partition coefficient (Wildman–Crippen LogP) is 3.63. The molecule has 360 valence electrons. The highest BCUT2D eigenvalue weighted by atomic mass is 16.6. The normalized spacial score (nSPS) is 16.1. The van der Waals surface area contributed by atoms with Gasteiger partial charge in [-0.3, -0.25) is 29.4 Å². The number of carbonyl (C=O) groups excluding carboxylic acids is 7. The lowest BCUT2D eigenvalue weighted by Gasteiger charge is -2.29. The fraction of sp³-hybridized carbons (Fsp3) is 0.447. The summed E-state index contributed by atoms with van der Waals surface area (Å²) in [7, 11) is 0. The number of benzene rings is 3. The molecule has 67 heavy (non-hydrogen) atoms. The Balaban J connectivity index is 1.15. The fourth-order valence-corrected chi connectivity index (χ4v) is 7.22. The highest BCUT2D eigenvalue weighted by Crippen LogP contribution is 2.30. The van der Waals surface area contributed by atoms with E-state index in [1.54, 1.807) is 45.0 Å². The Labute approximate surface area is 390 Å². The summed E-state index contributed by atoms with van der Waals surface area (Å²) in [5.74, 6) is -1.72. The van der Waals surface area contributed by atoms with Gasteiger partial charge >= 0.3 is 12.2 Å². The molecule has 1 saturated carbocycles. The number of hydrazone groups is 1. The molecule has 3 aromatic carbocycles. The molecule has 1 aliphatic carbocycles. The average Bonchev–Trinajstić information content (AvgIpc) is 3.81. The van der Waals surface area contributed by atoms with Crippen molar-refractivity contribution >= 4 is 58.9 Å². The van der Waals surface area contributed by atoms with Crippen molar-refractivity contribution in [3.63, 3.8) is 0 Å². The van der Waals surface area contributed by atoms with E-state index in [1.165, 1.54) is 0 Å². The van der Waals surface area contributed by atoms with E-state index < -0.39 is 53.7 Å². The molecule has 1 unspecified atom stereocenters. The monoisotopic (exact) mass is 925 g/mol. The quantitative estimate of drug-likeness (QED) is 0.0931. The van der Waals surface area contributed by atoms with Crippen LogP contribution in [0.2, 0.25) is 0 Å². The number of nitrogens with zero attached hydrogens (tertiary/aromatic N) is 1. The van der Waals surface area contributed by atoms with Crippen molar-refractivity contribution in [2.75, 3.05) is 36.8 Å². The largest absolute Gasteiger partial charge is 0.444 e. The number of hydrazine groups is 2. The summed E-state index contributed by atoms with van der Waals surface area (Å²) in [5.41, 5.74) is 12.2. The molecular formula is C47H63N11O9. The Morgan fingerprint density at radius 2 is 1.24 bits per heavy atom. The number of hydrogen-bond donors (Lipinski definition) is 10. The van der Waals surface area contributed by atoms with Gasteiger partial charge in [0, 0.05) is 35.8 Å². The van der Waals surface area contributed by atoms with Crippen LogP contribution in [0.4, 0.5) is 21.0 Å². The highest BCUT2D eigenvalue weighted by Gasteiger charge is 2.30. The van der Waals surface area contributed by atoms with Crippen LogP contribution in [-0.2, 0) is 39.9 Å². The third kappa shape index (κ3) is 17.3. The van der Waals surface area contributed by atoms with Gasteiger partial charge in [0.1, 0.15) is 23.8 Å². The SMILES string of the molecule is Cc1cc(NC(=O)CNC(=O)CNC(=O)CNC(=O)OC(C)(C)C)ccc1-c1ccc(CC(NC(=O)C2CCC(CNC(=O)OC(C)(C)C)CC2)C(=O)Nc2ccc(C3=NNNN3)cc2)cc1. The van der Waals surface area contributed by atoms with Crippen LogP contribution in [0.5, 0.6) is 0 Å². The summed E-state index contributed by atoms with van der Waals surface area (Å²) in [6, 6.07) is 19.4. The second-order valence-electron chi connectivity index (χ2n) is 18.4. The molecule has 1 aliphatic heterocycles. The minimum absolute atomic E-state index is 0.198. The Kier molecular flexibility index (Phi) is 17.7. The molecule has 0 aromatic heterocycles. The zero-order chi connectivity index (χ0) is 48.7. The Bertz CT molecular complexity index is 2280. The first-order valence-electron chi connectivity index (χ1n) is 22.2. The molecule has 7 amide bonds. The lowest BCUT2D eigenvalue weighted by Crippen LogP contribution is -2.48. The maximum Gasteiger partial charge on any atom is 0.408 e. The van der Waals surface area contributed by atoms with Crippen molar-refractivity contribution in [3.8, 4) is 11.1 Å². The number of rotatable bonds is 17. The van der Waals surface area contributed by atoms with Crippen molar-refractivity contribution in [1.29, 1.82) is 0 Å². The zero-order valence-electron chi connectivity index (χ0n) is 39.1. The number of hydrogen-bond acceptors (Lipinski definition) is 13. The fourth-order valence-electron chi connectivity index (χ4n) is 7.22. The smallest absolute Gasteiger partial charge is 0.408 e. The van der Waals surface area contributed by atoms with Gasteiger partial charge < -0.3 is 46.7 Å². The summed E-state index contributed by atoms with van der Waals surface area (Å²) in [5, 5.41) is 22.8. The molecule has 3 aromatic rings. The van der Waals surface area contributed by atoms with E-state index in [1.807, 2.05) is 70.2 Å². The van der Waals surface area contributed by atoms with Gasteiger partial charge in [-0.15, -0.1) is 10.6 Å². The van der Waals surface area contributed by atoms with E-state index in [0.29, 0.717) is 36.6 Å². The van der Waals surface area contributed by atoms with Crippen LogP contribution in [0, 0.1) is 18.8 Å². The Morgan fingerprint density at radius 3 is 1.82 bits per heavy atom. The summed E-state index contributed by atoms with van der Waals surface area (Å²) in [6.45, 7) is 11.8. The van der Waals surface area contributed by atoms with Gasteiger partial charge in [0.2, 0.25) is 29.5 Å². The average molecular weight is 926 g/mol. The van der Waals surface area contributed by atoms with E-state index >= 15 is 0 Å². The highest BCUT2D eigenvalue weighted by molar-refractivity contribution is 6.01. The third-order valence-electron chi connectivity index (χ3n) is 10.5.